The average molecular weight is 277 g/mol. The van der Waals surface area contributed by atoms with Crippen molar-refractivity contribution in [3.63, 3.8) is 0 Å². The quantitative estimate of drug-likeness (QED) is 0.793. The minimum atomic E-state index is -0.728. The van der Waals surface area contributed by atoms with Gasteiger partial charge >= 0.3 is 5.97 Å². The van der Waals surface area contributed by atoms with E-state index < -0.39 is 5.97 Å². The molecule has 1 unspecified atom stereocenters. The summed E-state index contributed by atoms with van der Waals surface area (Å²) in [6.07, 6.45) is 4.13. The molecule has 20 heavy (non-hydrogen) atoms. The summed E-state index contributed by atoms with van der Waals surface area (Å²) in [7, 11) is 1.68. The van der Waals surface area contributed by atoms with Crippen LogP contribution in [-0.4, -0.2) is 41.7 Å². The molecule has 0 heterocycles. The molecule has 1 N–H and O–H groups in total. The van der Waals surface area contributed by atoms with Crippen LogP contribution < -0.4 is 4.74 Å². The third-order valence-electron chi connectivity index (χ3n) is 3.93. The molecule has 1 saturated carbocycles. The van der Waals surface area contributed by atoms with Crippen LogP contribution in [0.1, 0.15) is 31.7 Å². The number of hydrogen-bond acceptors (Lipinski definition) is 3. The van der Waals surface area contributed by atoms with Gasteiger partial charge in [0.1, 0.15) is 11.8 Å². The van der Waals surface area contributed by atoms with Crippen molar-refractivity contribution in [2.75, 3.05) is 13.7 Å². The Morgan fingerprint density at radius 2 is 2.15 bits per heavy atom. The van der Waals surface area contributed by atoms with Crippen molar-refractivity contribution in [1.82, 2.24) is 4.90 Å². The maximum absolute atomic E-state index is 11.1. The first-order valence-electron chi connectivity index (χ1n) is 7.24. The van der Waals surface area contributed by atoms with Gasteiger partial charge in [-0.05, 0) is 50.8 Å². The molecule has 1 aliphatic carbocycles. The molecular weight excluding hydrogens is 254 g/mol. The summed E-state index contributed by atoms with van der Waals surface area (Å²) in [4.78, 5) is 13.3. The second-order valence-electron chi connectivity index (χ2n) is 5.40. The SMILES string of the molecule is COc1ccccc1CCCN(C1CC1)C(C)C(=O)O. The largest absolute Gasteiger partial charge is 0.496 e. The van der Waals surface area contributed by atoms with E-state index >= 15 is 0 Å². The fourth-order valence-corrected chi connectivity index (χ4v) is 2.60. The summed E-state index contributed by atoms with van der Waals surface area (Å²) >= 11 is 0. The lowest BCUT2D eigenvalue weighted by Gasteiger charge is -2.26. The van der Waals surface area contributed by atoms with E-state index in [2.05, 4.69) is 11.0 Å². The lowest BCUT2D eigenvalue weighted by molar-refractivity contribution is -0.142. The van der Waals surface area contributed by atoms with Gasteiger partial charge in [0.2, 0.25) is 0 Å². The number of benzene rings is 1. The number of ether oxygens (including phenoxy) is 1. The molecule has 0 bridgehead atoms. The van der Waals surface area contributed by atoms with Crippen molar-refractivity contribution in [2.24, 2.45) is 0 Å². The Labute approximate surface area is 120 Å². The molecule has 1 aliphatic rings. The van der Waals surface area contributed by atoms with Crippen molar-refractivity contribution in [3.05, 3.63) is 29.8 Å². The van der Waals surface area contributed by atoms with E-state index in [4.69, 9.17) is 9.84 Å². The van der Waals surface area contributed by atoms with Crippen molar-refractivity contribution < 1.29 is 14.6 Å². The van der Waals surface area contributed by atoms with Gasteiger partial charge in [0.25, 0.3) is 0 Å². The summed E-state index contributed by atoms with van der Waals surface area (Å²) < 4.78 is 5.34. The summed E-state index contributed by atoms with van der Waals surface area (Å²) in [5, 5.41) is 9.17. The van der Waals surface area contributed by atoms with Gasteiger partial charge < -0.3 is 9.84 Å². The fraction of sp³-hybridized carbons (Fsp3) is 0.562. The van der Waals surface area contributed by atoms with Crippen LogP contribution in [0.25, 0.3) is 0 Å². The summed E-state index contributed by atoms with van der Waals surface area (Å²) in [5.74, 6) is 0.186. The minimum Gasteiger partial charge on any atom is -0.496 e. The molecule has 0 aliphatic heterocycles. The zero-order valence-electron chi connectivity index (χ0n) is 12.2. The van der Waals surface area contributed by atoms with Crippen LogP contribution in [0.5, 0.6) is 5.75 Å². The Morgan fingerprint density at radius 1 is 1.45 bits per heavy atom. The van der Waals surface area contributed by atoms with Crippen molar-refractivity contribution in [3.8, 4) is 5.75 Å². The second-order valence-corrected chi connectivity index (χ2v) is 5.40. The topological polar surface area (TPSA) is 49.8 Å². The van der Waals surface area contributed by atoms with Crippen molar-refractivity contribution in [1.29, 1.82) is 0 Å². The molecule has 0 saturated heterocycles. The Hall–Kier alpha value is -1.55. The van der Waals surface area contributed by atoms with Gasteiger partial charge in [0.15, 0.2) is 0 Å². The number of methoxy groups -OCH3 is 1. The molecule has 1 aromatic carbocycles. The predicted molar refractivity (Wildman–Crippen MR) is 78.1 cm³/mol. The van der Waals surface area contributed by atoms with E-state index in [-0.39, 0.29) is 6.04 Å². The van der Waals surface area contributed by atoms with Crippen molar-refractivity contribution >= 4 is 5.97 Å². The van der Waals surface area contributed by atoms with Gasteiger partial charge in [-0.3, -0.25) is 9.69 Å². The highest BCUT2D eigenvalue weighted by molar-refractivity contribution is 5.73. The molecule has 2 rings (SSSR count). The van der Waals surface area contributed by atoms with Crippen LogP contribution in [0.2, 0.25) is 0 Å². The normalized spacial score (nSPS) is 16.1. The summed E-state index contributed by atoms with van der Waals surface area (Å²) in [6.45, 7) is 2.61. The van der Waals surface area contributed by atoms with Gasteiger partial charge in [-0.15, -0.1) is 0 Å². The molecule has 0 spiro atoms. The lowest BCUT2D eigenvalue weighted by atomic mass is 10.1. The van der Waals surface area contributed by atoms with Crippen LogP contribution in [-0.2, 0) is 11.2 Å². The molecule has 1 fully saturated rings. The fourth-order valence-electron chi connectivity index (χ4n) is 2.60. The van der Waals surface area contributed by atoms with Crippen LogP contribution >= 0.6 is 0 Å². The first-order valence-corrected chi connectivity index (χ1v) is 7.24. The van der Waals surface area contributed by atoms with Gasteiger partial charge in [0, 0.05) is 6.04 Å². The van der Waals surface area contributed by atoms with Gasteiger partial charge in [-0.2, -0.15) is 0 Å². The van der Waals surface area contributed by atoms with E-state index in [0.717, 1.165) is 38.0 Å². The van der Waals surface area contributed by atoms with Crippen LogP contribution in [0.3, 0.4) is 0 Å². The van der Waals surface area contributed by atoms with Crippen LogP contribution in [0.15, 0.2) is 24.3 Å². The number of aliphatic carboxylic acids is 1. The highest BCUT2D eigenvalue weighted by Crippen LogP contribution is 2.29. The number of carboxylic acid groups (broad SMARTS) is 1. The average Bonchev–Trinajstić information content (AvgIpc) is 3.27. The van der Waals surface area contributed by atoms with E-state index in [0.29, 0.717) is 6.04 Å². The Bertz CT molecular complexity index is 457. The molecule has 0 radical (unpaired) electrons. The molecular formula is C16H23NO3. The van der Waals surface area contributed by atoms with Gasteiger partial charge in [0.05, 0.1) is 7.11 Å². The molecule has 110 valence electrons. The Kier molecular flexibility index (Phi) is 5.01. The first kappa shape index (κ1) is 14.9. The van der Waals surface area contributed by atoms with E-state index in [1.54, 1.807) is 14.0 Å². The molecule has 1 atom stereocenters. The zero-order valence-corrected chi connectivity index (χ0v) is 12.2. The van der Waals surface area contributed by atoms with Gasteiger partial charge in [-0.25, -0.2) is 0 Å². The maximum Gasteiger partial charge on any atom is 0.320 e. The summed E-state index contributed by atoms with van der Waals surface area (Å²) in [5.41, 5.74) is 1.19. The summed E-state index contributed by atoms with van der Waals surface area (Å²) in [6, 6.07) is 8.09. The molecule has 0 aromatic heterocycles. The number of rotatable bonds is 8. The predicted octanol–water partition coefficient (Wildman–Crippen LogP) is 2.57. The molecule has 1 aromatic rings. The standard InChI is InChI=1S/C16H23NO3/c1-12(16(18)19)17(14-9-10-14)11-5-7-13-6-3-4-8-15(13)20-2/h3-4,6,8,12,14H,5,7,9-11H2,1-2H3,(H,18,19). The van der Waals surface area contributed by atoms with Crippen LogP contribution in [0.4, 0.5) is 0 Å². The second kappa shape index (κ2) is 6.75. The van der Waals surface area contributed by atoms with Crippen molar-refractivity contribution in [2.45, 2.75) is 44.7 Å². The Morgan fingerprint density at radius 3 is 2.75 bits per heavy atom. The van der Waals surface area contributed by atoms with E-state index in [9.17, 15) is 4.79 Å². The van der Waals surface area contributed by atoms with E-state index in [1.807, 2.05) is 18.2 Å². The number of para-hydroxylation sites is 1. The minimum absolute atomic E-state index is 0.389. The third-order valence-corrected chi connectivity index (χ3v) is 3.93. The number of nitrogens with zero attached hydrogens (tertiary/aromatic N) is 1. The number of carbonyl (C=O) groups is 1. The monoisotopic (exact) mass is 277 g/mol. The first-order chi connectivity index (χ1) is 9.63. The highest BCUT2D eigenvalue weighted by Gasteiger charge is 2.34. The number of carboxylic acids is 1. The van der Waals surface area contributed by atoms with E-state index in [1.165, 1.54) is 5.56 Å². The Balaban J connectivity index is 1.88. The third kappa shape index (κ3) is 3.73. The number of aryl methyl sites for hydroxylation is 1. The van der Waals surface area contributed by atoms with Crippen LogP contribution in [0, 0.1) is 0 Å². The maximum atomic E-state index is 11.1. The smallest absolute Gasteiger partial charge is 0.320 e. The molecule has 4 heteroatoms. The lowest BCUT2D eigenvalue weighted by Crippen LogP contribution is -2.41. The number of hydrogen-bond donors (Lipinski definition) is 1. The zero-order chi connectivity index (χ0) is 14.5. The highest BCUT2D eigenvalue weighted by atomic mass is 16.5. The van der Waals surface area contributed by atoms with Gasteiger partial charge in [-0.1, -0.05) is 18.2 Å². The molecule has 0 amide bonds. The molecule has 4 nitrogen and oxygen atoms in total.